The molecule has 0 saturated heterocycles. The van der Waals surface area contributed by atoms with Crippen molar-refractivity contribution < 1.29 is 0 Å². The van der Waals surface area contributed by atoms with Gasteiger partial charge >= 0.3 is 0 Å². The molecule has 0 amide bonds. The van der Waals surface area contributed by atoms with Crippen LogP contribution < -0.4 is 0 Å². The molecule has 1 radical (unpaired) electrons. The average Bonchev–Trinajstić information content (AvgIpc) is 1.90. The summed E-state index contributed by atoms with van der Waals surface area (Å²) in [6, 6.07) is 1.90. The van der Waals surface area contributed by atoms with E-state index in [0.717, 1.165) is 13.1 Å². The van der Waals surface area contributed by atoms with Crippen molar-refractivity contribution in [2.24, 2.45) is 0 Å². The molecule has 2 heteroatoms. The summed E-state index contributed by atoms with van der Waals surface area (Å²) in [6.45, 7) is 9.52. The normalized spacial score (nSPS) is 13.2. The molecule has 51 valence electrons. The molecule has 2 nitrogen and oxygen atoms in total. The van der Waals surface area contributed by atoms with Gasteiger partial charge < -0.3 is 0 Å². The highest BCUT2D eigenvalue weighted by Gasteiger charge is 2.06. The van der Waals surface area contributed by atoms with Crippen LogP contribution in [0.5, 0.6) is 0 Å². The smallest absolute Gasteiger partial charge is 0.0978 e. The van der Waals surface area contributed by atoms with Gasteiger partial charge in [-0.05, 0) is 20.0 Å². The average molecular weight is 125 g/mol. The maximum absolute atomic E-state index is 8.41. The molecule has 0 spiro atoms. The van der Waals surface area contributed by atoms with Crippen molar-refractivity contribution >= 4 is 0 Å². The Morgan fingerprint density at radius 3 is 2.11 bits per heavy atom. The fraction of sp³-hybridized carbons (Fsp3) is 0.714. The largest absolute Gasteiger partial charge is 0.289 e. The van der Waals surface area contributed by atoms with Crippen LogP contribution in [-0.2, 0) is 0 Å². The molecular weight excluding hydrogens is 112 g/mol. The molecule has 0 aliphatic carbocycles. The van der Waals surface area contributed by atoms with E-state index in [1.165, 1.54) is 0 Å². The maximum atomic E-state index is 8.41. The maximum Gasteiger partial charge on any atom is 0.0978 e. The summed E-state index contributed by atoms with van der Waals surface area (Å²) in [4.78, 5) is 2.00. The van der Waals surface area contributed by atoms with Crippen molar-refractivity contribution in [2.45, 2.75) is 19.9 Å². The molecular formula is C7H13N2. The molecule has 0 aromatic rings. The van der Waals surface area contributed by atoms with Crippen molar-refractivity contribution in [1.29, 1.82) is 5.26 Å². The highest BCUT2D eigenvalue weighted by atomic mass is 15.1. The summed E-state index contributed by atoms with van der Waals surface area (Å²) in [6.07, 6.45) is 0. The Bertz CT molecular complexity index is 100.0. The van der Waals surface area contributed by atoms with Gasteiger partial charge in [-0.25, -0.2) is 0 Å². The number of nitrogens with zero attached hydrogens (tertiary/aromatic N) is 2. The predicted molar refractivity (Wildman–Crippen MR) is 37.7 cm³/mol. The molecule has 0 aromatic heterocycles. The second-order valence-corrected chi connectivity index (χ2v) is 1.87. The van der Waals surface area contributed by atoms with Gasteiger partial charge in [0.2, 0.25) is 0 Å². The van der Waals surface area contributed by atoms with E-state index in [1.54, 1.807) is 0 Å². The minimum absolute atomic E-state index is 0.181. The highest BCUT2D eigenvalue weighted by Crippen LogP contribution is 1.93. The first-order chi connectivity index (χ1) is 4.26. The van der Waals surface area contributed by atoms with E-state index in [2.05, 4.69) is 13.0 Å². The van der Waals surface area contributed by atoms with E-state index in [9.17, 15) is 0 Å². The lowest BCUT2D eigenvalue weighted by Crippen LogP contribution is -2.31. The van der Waals surface area contributed by atoms with Gasteiger partial charge in [0.05, 0.1) is 12.1 Å². The zero-order valence-corrected chi connectivity index (χ0v) is 6.09. The van der Waals surface area contributed by atoms with Gasteiger partial charge in [-0.15, -0.1) is 0 Å². The third kappa shape index (κ3) is 2.48. The van der Waals surface area contributed by atoms with E-state index in [0.29, 0.717) is 0 Å². The van der Waals surface area contributed by atoms with Gasteiger partial charge in [-0.1, -0.05) is 13.8 Å². The summed E-state index contributed by atoms with van der Waals surface area (Å²) in [7, 11) is 0. The Balaban J connectivity index is 3.67. The van der Waals surface area contributed by atoms with Crippen molar-refractivity contribution in [2.75, 3.05) is 13.1 Å². The first-order valence-electron chi connectivity index (χ1n) is 3.23. The number of rotatable bonds is 3. The highest BCUT2D eigenvalue weighted by molar-refractivity contribution is 4.92. The lowest BCUT2D eigenvalue weighted by molar-refractivity contribution is 0.291. The predicted octanol–water partition coefficient (Wildman–Crippen LogP) is 1.05. The van der Waals surface area contributed by atoms with Gasteiger partial charge in [-0.2, -0.15) is 5.26 Å². The minimum Gasteiger partial charge on any atom is -0.289 e. The quantitative estimate of drug-likeness (QED) is 0.563. The molecule has 1 atom stereocenters. The molecule has 0 fully saturated rings. The van der Waals surface area contributed by atoms with Crippen LogP contribution in [0, 0.1) is 18.3 Å². The molecule has 0 aromatic carbocycles. The molecule has 0 bridgehead atoms. The first-order valence-corrected chi connectivity index (χ1v) is 3.23. The molecule has 0 heterocycles. The van der Waals surface area contributed by atoms with Gasteiger partial charge in [-0.3, -0.25) is 4.90 Å². The fourth-order valence-electron chi connectivity index (χ4n) is 0.746. The van der Waals surface area contributed by atoms with Crippen LogP contribution in [0.4, 0.5) is 0 Å². The van der Waals surface area contributed by atoms with Crippen LogP contribution in [0.15, 0.2) is 0 Å². The third-order valence-electron chi connectivity index (χ3n) is 1.40. The van der Waals surface area contributed by atoms with Crippen LogP contribution in [0.25, 0.3) is 0 Å². The molecule has 1 unspecified atom stereocenters. The zero-order valence-electron chi connectivity index (χ0n) is 6.09. The van der Waals surface area contributed by atoms with Crippen LogP contribution >= 0.6 is 0 Å². The van der Waals surface area contributed by atoms with Gasteiger partial charge in [0, 0.05) is 0 Å². The Morgan fingerprint density at radius 1 is 1.56 bits per heavy atom. The third-order valence-corrected chi connectivity index (χ3v) is 1.40. The van der Waals surface area contributed by atoms with Gasteiger partial charge in [0.1, 0.15) is 0 Å². The molecule has 9 heavy (non-hydrogen) atoms. The summed E-state index contributed by atoms with van der Waals surface area (Å²) in [5.74, 6) is 0. The molecule has 0 aliphatic rings. The number of hydrogen-bond acceptors (Lipinski definition) is 2. The van der Waals surface area contributed by atoms with Crippen molar-refractivity contribution in [1.82, 2.24) is 4.90 Å². The Hall–Kier alpha value is -0.550. The van der Waals surface area contributed by atoms with E-state index in [1.807, 2.05) is 18.7 Å². The van der Waals surface area contributed by atoms with Crippen molar-refractivity contribution in [3.05, 3.63) is 6.92 Å². The lowest BCUT2D eigenvalue weighted by Gasteiger charge is -2.19. The van der Waals surface area contributed by atoms with Crippen molar-refractivity contribution in [3.63, 3.8) is 0 Å². The Morgan fingerprint density at radius 2 is 2.00 bits per heavy atom. The molecule has 0 aliphatic heterocycles. The zero-order chi connectivity index (χ0) is 7.28. The summed E-state index contributed by atoms with van der Waals surface area (Å²) in [5, 5.41) is 8.41. The van der Waals surface area contributed by atoms with Crippen molar-refractivity contribution in [3.8, 4) is 6.07 Å². The standard InChI is InChI=1S/C7H13N2/c1-4-9(5-2)7(3)6-8/h7H,3-5H2,1-2H3. The monoisotopic (exact) mass is 125 g/mol. The van der Waals surface area contributed by atoms with E-state index in [-0.39, 0.29) is 6.04 Å². The fourth-order valence-corrected chi connectivity index (χ4v) is 0.746. The second-order valence-electron chi connectivity index (χ2n) is 1.87. The second kappa shape index (κ2) is 4.34. The first kappa shape index (κ1) is 8.45. The molecule has 0 rings (SSSR count). The Labute approximate surface area is 57.1 Å². The topological polar surface area (TPSA) is 27.0 Å². The molecule has 0 N–H and O–H groups in total. The van der Waals surface area contributed by atoms with Gasteiger partial charge in [0.15, 0.2) is 0 Å². The Kier molecular flexibility index (Phi) is 4.08. The minimum atomic E-state index is -0.181. The summed E-state index contributed by atoms with van der Waals surface area (Å²) in [5.41, 5.74) is 0. The van der Waals surface area contributed by atoms with Crippen LogP contribution in [0.3, 0.4) is 0 Å². The van der Waals surface area contributed by atoms with Crippen LogP contribution in [0.2, 0.25) is 0 Å². The number of hydrogen-bond donors (Lipinski definition) is 0. The van der Waals surface area contributed by atoms with E-state index in [4.69, 9.17) is 5.26 Å². The van der Waals surface area contributed by atoms with Crippen LogP contribution in [-0.4, -0.2) is 24.0 Å². The number of nitriles is 1. The lowest BCUT2D eigenvalue weighted by atomic mass is 10.3. The SMILES string of the molecule is [CH2]C(C#N)N(CC)CC. The summed E-state index contributed by atoms with van der Waals surface area (Å²) < 4.78 is 0. The molecule has 0 saturated carbocycles. The van der Waals surface area contributed by atoms with Crippen LogP contribution in [0.1, 0.15) is 13.8 Å². The van der Waals surface area contributed by atoms with E-state index < -0.39 is 0 Å². The van der Waals surface area contributed by atoms with Gasteiger partial charge in [0.25, 0.3) is 0 Å². The van der Waals surface area contributed by atoms with E-state index >= 15 is 0 Å². The summed E-state index contributed by atoms with van der Waals surface area (Å²) >= 11 is 0.